The number of aromatic nitrogens is 2. The summed E-state index contributed by atoms with van der Waals surface area (Å²) in [4.78, 5) is 10.6. The molecule has 0 fully saturated rings. The Morgan fingerprint density at radius 1 is 1.17 bits per heavy atom. The maximum atomic E-state index is 5.53. The van der Waals surface area contributed by atoms with E-state index in [4.69, 9.17) is 5.73 Å². The number of aryl methyl sites for hydroxylation is 2. The lowest BCUT2D eigenvalue weighted by Crippen LogP contribution is -2.14. The molecule has 0 aliphatic rings. The molecule has 1 aromatic carbocycles. The van der Waals surface area contributed by atoms with E-state index in [1.165, 1.54) is 11.1 Å². The van der Waals surface area contributed by atoms with Crippen molar-refractivity contribution in [2.24, 2.45) is 5.73 Å². The Kier molecular flexibility index (Phi) is 3.58. The van der Waals surface area contributed by atoms with Crippen LogP contribution in [-0.2, 0) is 6.54 Å². The van der Waals surface area contributed by atoms with E-state index in [1.807, 2.05) is 11.9 Å². The van der Waals surface area contributed by atoms with Gasteiger partial charge in [-0.1, -0.05) is 17.7 Å². The highest BCUT2D eigenvalue weighted by molar-refractivity contribution is 5.61. The number of hydrogen-bond acceptors (Lipinski definition) is 4. The summed E-state index contributed by atoms with van der Waals surface area (Å²) in [5.41, 5.74) is 10.0. The van der Waals surface area contributed by atoms with Crippen LogP contribution in [0.1, 0.15) is 16.7 Å². The molecule has 0 saturated carbocycles. The van der Waals surface area contributed by atoms with E-state index in [9.17, 15) is 0 Å². The minimum absolute atomic E-state index is 0.466. The first-order chi connectivity index (χ1) is 8.61. The van der Waals surface area contributed by atoms with Gasteiger partial charge in [0.1, 0.15) is 0 Å². The summed E-state index contributed by atoms with van der Waals surface area (Å²) in [7, 11) is 1.97. The van der Waals surface area contributed by atoms with Gasteiger partial charge in [-0.2, -0.15) is 0 Å². The van der Waals surface area contributed by atoms with Crippen LogP contribution in [0.5, 0.6) is 0 Å². The highest BCUT2D eigenvalue weighted by Gasteiger charge is 2.09. The van der Waals surface area contributed by atoms with Crippen molar-refractivity contribution in [1.29, 1.82) is 0 Å². The molecule has 0 amide bonds. The van der Waals surface area contributed by atoms with Crippen LogP contribution in [0.2, 0.25) is 0 Å². The molecule has 2 rings (SSSR count). The van der Waals surface area contributed by atoms with Crippen LogP contribution in [0.4, 0.5) is 11.6 Å². The molecular formula is C14H18N4. The van der Waals surface area contributed by atoms with Crippen LogP contribution < -0.4 is 10.6 Å². The lowest BCUT2D eigenvalue weighted by Gasteiger charge is -2.19. The zero-order valence-corrected chi connectivity index (χ0v) is 11.0. The molecule has 0 aliphatic heterocycles. The highest BCUT2D eigenvalue weighted by Crippen LogP contribution is 2.24. The first-order valence-corrected chi connectivity index (χ1v) is 5.94. The molecule has 4 nitrogen and oxygen atoms in total. The van der Waals surface area contributed by atoms with Crippen LogP contribution in [0.15, 0.2) is 30.6 Å². The fourth-order valence-corrected chi connectivity index (χ4v) is 1.92. The standard InChI is InChI=1S/C14H18N4/c1-10-4-5-13(11(2)6-10)18(3)14-16-8-12(7-15)9-17-14/h4-6,8-9H,7,15H2,1-3H3. The third kappa shape index (κ3) is 2.49. The zero-order chi connectivity index (χ0) is 13.1. The summed E-state index contributed by atoms with van der Waals surface area (Å²) in [6.45, 7) is 4.64. The van der Waals surface area contributed by atoms with Gasteiger partial charge >= 0.3 is 0 Å². The lowest BCUT2D eigenvalue weighted by atomic mass is 10.1. The smallest absolute Gasteiger partial charge is 0.229 e. The monoisotopic (exact) mass is 242 g/mol. The molecule has 2 N–H and O–H groups in total. The van der Waals surface area contributed by atoms with Gasteiger partial charge in [-0.15, -0.1) is 0 Å². The van der Waals surface area contributed by atoms with Gasteiger partial charge in [0.2, 0.25) is 5.95 Å². The molecule has 2 aromatic rings. The largest absolute Gasteiger partial charge is 0.326 e. The molecular weight excluding hydrogens is 224 g/mol. The van der Waals surface area contributed by atoms with Crippen molar-refractivity contribution in [1.82, 2.24) is 9.97 Å². The number of nitrogens with zero attached hydrogens (tertiary/aromatic N) is 3. The van der Waals surface area contributed by atoms with E-state index < -0.39 is 0 Å². The number of benzene rings is 1. The van der Waals surface area contributed by atoms with Gasteiger partial charge in [0, 0.05) is 37.2 Å². The van der Waals surface area contributed by atoms with Crippen molar-refractivity contribution < 1.29 is 0 Å². The maximum Gasteiger partial charge on any atom is 0.229 e. The number of nitrogens with two attached hydrogens (primary N) is 1. The van der Waals surface area contributed by atoms with Gasteiger partial charge < -0.3 is 10.6 Å². The molecule has 0 aliphatic carbocycles. The Morgan fingerprint density at radius 2 is 1.83 bits per heavy atom. The van der Waals surface area contributed by atoms with E-state index in [2.05, 4.69) is 42.0 Å². The molecule has 0 bridgehead atoms. The Balaban J connectivity index is 2.31. The van der Waals surface area contributed by atoms with Crippen LogP contribution in [-0.4, -0.2) is 17.0 Å². The molecule has 1 aromatic heterocycles. The minimum Gasteiger partial charge on any atom is -0.326 e. The van der Waals surface area contributed by atoms with Crippen LogP contribution in [0.3, 0.4) is 0 Å². The van der Waals surface area contributed by atoms with E-state index in [0.717, 1.165) is 11.3 Å². The van der Waals surface area contributed by atoms with Gasteiger partial charge in [-0.3, -0.25) is 0 Å². The van der Waals surface area contributed by atoms with Crippen molar-refractivity contribution >= 4 is 11.6 Å². The van der Waals surface area contributed by atoms with Crippen LogP contribution in [0, 0.1) is 13.8 Å². The average molecular weight is 242 g/mol. The van der Waals surface area contributed by atoms with Crippen molar-refractivity contribution in [3.63, 3.8) is 0 Å². The van der Waals surface area contributed by atoms with Gasteiger partial charge in [0.25, 0.3) is 0 Å². The molecule has 18 heavy (non-hydrogen) atoms. The molecule has 0 radical (unpaired) electrons. The summed E-state index contributed by atoms with van der Waals surface area (Å²) in [5.74, 6) is 0.680. The summed E-state index contributed by atoms with van der Waals surface area (Å²) in [6.07, 6.45) is 3.53. The van der Waals surface area contributed by atoms with Crippen molar-refractivity contribution in [2.75, 3.05) is 11.9 Å². The molecule has 0 spiro atoms. The third-order valence-electron chi connectivity index (χ3n) is 2.94. The number of hydrogen-bond donors (Lipinski definition) is 1. The van der Waals surface area contributed by atoms with Gasteiger partial charge in [0.05, 0.1) is 0 Å². The SMILES string of the molecule is Cc1ccc(N(C)c2ncc(CN)cn2)c(C)c1. The fraction of sp³-hybridized carbons (Fsp3) is 0.286. The highest BCUT2D eigenvalue weighted by atomic mass is 15.2. The second-order valence-electron chi connectivity index (χ2n) is 4.44. The van der Waals surface area contributed by atoms with E-state index in [1.54, 1.807) is 12.4 Å². The molecule has 0 saturated heterocycles. The predicted octanol–water partition coefficient (Wildman–Crippen LogP) is 2.32. The van der Waals surface area contributed by atoms with Crippen molar-refractivity contribution in [2.45, 2.75) is 20.4 Å². The Hall–Kier alpha value is -1.94. The molecule has 0 atom stereocenters. The van der Waals surface area contributed by atoms with Crippen molar-refractivity contribution in [3.8, 4) is 0 Å². The Labute approximate surface area is 107 Å². The van der Waals surface area contributed by atoms with E-state index >= 15 is 0 Å². The minimum atomic E-state index is 0.466. The van der Waals surface area contributed by atoms with Crippen LogP contribution >= 0.6 is 0 Å². The summed E-state index contributed by atoms with van der Waals surface area (Å²) in [6, 6.07) is 6.33. The molecule has 0 unspecified atom stereocenters. The Morgan fingerprint density at radius 3 is 2.39 bits per heavy atom. The van der Waals surface area contributed by atoms with Crippen molar-refractivity contribution in [3.05, 3.63) is 47.3 Å². The zero-order valence-electron chi connectivity index (χ0n) is 11.0. The summed E-state index contributed by atoms with van der Waals surface area (Å²) in [5, 5.41) is 0. The van der Waals surface area contributed by atoms with Gasteiger partial charge in [-0.05, 0) is 25.5 Å². The predicted molar refractivity (Wildman–Crippen MR) is 73.9 cm³/mol. The number of rotatable bonds is 3. The first kappa shape index (κ1) is 12.5. The quantitative estimate of drug-likeness (QED) is 0.897. The lowest BCUT2D eigenvalue weighted by molar-refractivity contribution is 0.974. The second kappa shape index (κ2) is 5.14. The van der Waals surface area contributed by atoms with Crippen LogP contribution in [0.25, 0.3) is 0 Å². The summed E-state index contributed by atoms with van der Waals surface area (Å²) < 4.78 is 0. The average Bonchev–Trinajstić information content (AvgIpc) is 2.38. The van der Waals surface area contributed by atoms with E-state index in [-0.39, 0.29) is 0 Å². The Bertz CT molecular complexity index is 534. The fourth-order valence-electron chi connectivity index (χ4n) is 1.92. The molecule has 94 valence electrons. The first-order valence-electron chi connectivity index (χ1n) is 5.94. The van der Waals surface area contributed by atoms with Gasteiger partial charge in [-0.25, -0.2) is 9.97 Å². The number of anilines is 2. The second-order valence-corrected chi connectivity index (χ2v) is 4.44. The summed E-state index contributed by atoms with van der Waals surface area (Å²) >= 11 is 0. The topological polar surface area (TPSA) is 55.0 Å². The normalized spacial score (nSPS) is 10.4. The van der Waals surface area contributed by atoms with Gasteiger partial charge in [0.15, 0.2) is 0 Å². The molecule has 4 heteroatoms. The maximum absolute atomic E-state index is 5.53. The third-order valence-corrected chi connectivity index (χ3v) is 2.94. The molecule has 1 heterocycles. The van der Waals surface area contributed by atoms with E-state index in [0.29, 0.717) is 12.5 Å².